The number of nitrogens with zero attached hydrogens (tertiary/aromatic N) is 1. The fraction of sp³-hybridized carbons (Fsp3) is 0.385. The second-order valence-corrected chi connectivity index (χ2v) is 5.72. The molecule has 1 heterocycles. The quantitative estimate of drug-likeness (QED) is 0.825. The van der Waals surface area contributed by atoms with E-state index in [1.54, 1.807) is 4.90 Å². The number of aryl methyl sites for hydroxylation is 2. The molecule has 0 unspecified atom stereocenters. The molecule has 1 saturated heterocycles. The number of anilines is 1. The third-order valence-corrected chi connectivity index (χ3v) is 4.91. The van der Waals surface area contributed by atoms with Gasteiger partial charge in [0.1, 0.15) is 0 Å². The zero-order valence-electron chi connectivity index (χ0n) is 10.2. The van der Waals surface area contributed by atoms with E-state index in [9.17, 15) is 9.59 Å². The minimum absolute atomic E-state index is 0.0966. The van der Waals surface area contributed by atoms with Gasteiger partial charge in [0.25, 0.3) is 0 Å². The molecule has 0 aromatic heterocycles. The number of carboxylic acids is 1. The first-order chi connectivity index (χ1) is 8.40. The molecular formula is C13H14INO3. The van der Waals surface area contributed by atoms with E-state index in [0.29, 0.717) is 0 Å². The van der Waals surface area contributed by atoms with Gasteiger partial charge in [0.05, 0.1) is 5.92 Å². The molecule has 2 rings (SSSR count). The topological polar surface area (TPSA) is 57.6 Å². The molecule has 4 nitrogen and oxygen atoms in total. The largest absolute Gasteiger partial charge is 0.481 e. The lowest BCUT2D eigenvalue weighted by molar-refractivity contribution is -0.141. The Labute approximate surface area is 119 Å². The van der Waals surface area contributed by atoms with E-state index in [0.717, 1.165) is 16.8 Å². The summed E-state index contributed by atoms with van der Waals surface area (Å²) in [5.74, 6) is -1.59. The predicted molar refractivity (Wildman–Crippen MR) is 76.7 cm³/mol. The Morgan fingerprint density at radius 3 is 2.39 bits per heavy atom. The maximum atomic E-state index is 11.9. The molecule has 0 bridgehead atoms. The summed E-state index contributed by atoms with van der Waals surface area (Å²) in [4.78, 5) is 24.4. The van der Waals surface area contributed by atoms with Gasteiger partial charge in [-0.25, -0.2) is 0 Å². The molecule has 96 valence electrons. The van der Waals surface area contributed by atoms with Crippen molar-refractivity contribution >= 4 is 40.2 Å². The van der Waals surface area contributed by atoms with Crippen molar-refractivity contribution in [2.24, 2.45) is 5.92 Å². The third kappa shape index (κ3) is 2.36. The van der Waals surface area contributed by atoms with Gasteiger partial charge in [0, 0.05) is 22.2 Å². The number of benzene rings is 1. The fourth-order valence-electron chi connectivity index (χ4n) is 2.20. The van der Waals surface area contributed by atoms with Crippen LogP contribution in [-0.4, -0.2) is 23.5 Å². The third-order valence-electron chi connectivity index (χ3n) is 3.21. The van der Waals surface area contributed by atoms with Crippen molar-refractivity contribution in [2.75, 3.05) is 11.4 Å². The number of carbonyl (C=O) groups is 2. The number of aliphatic carboxylic acids is 1. The minimum atomic E-state index is -0.898. The molecule has 1 atom stereocenters. The SMILES string of the molecule is Cc1cc(N2C[C@@H](C(=O)O)CC2=O)cc(C)c1I. The highest BCUT2D eigenvalue weighted by Gasteiger charge is 2.35. The van der Waals surface area contributed by atoms with Gasteiger partial charge < -0.3 is 10.0 Å². The molecule has 0 radical (unpaired) electrons. The highest BCUT2D eigenvalue weighted by Crippen LogP contribution is 2.29. The fourth-order valence-corrected chi connectivity index (χ4v) is 2.51. The second-order valence-electron chi connectivity index (χ2n) is 4.64. The monoisotopic (exact) mass is 359 g/mol. The Hall–Kier alpha value is -1.11. The van der Waals surface area contributed by atoms with Crippen molar-refractivity contribution in [2.45, 2.75) is 20.3 Å². The van der Waals surface area contributed by atoms with Crippen molar-refractivity contribution in [3.05, 3.63) is 26.8 Å². The first-order valence-corrected chi connectivity index (χ1v) is 6.78. The summed E-state index contributed by atoms with van der Waals surface area (Å²) >= 11 is 2.27. The number of carboxylic acid groups (broad SMARTS) is 1. The number of hydrogen-bond donors (Lipinski definition) is 1. The molecule has 1 fully saturated rings. The summed E-state index contributed by atoms with van der Waals surface area (Å²) in [5.41, 5.74) is 3.02. The van der Waals surface area contributed by atoms with Crippen LogP contribution in [0.15, 0.2) is 12.1 Å². The van der Waals surface area contributed by atoms with Crippen LogP contribution in [0.25, 0.3) is 0 Å². The Kier molecular flexibility index (Phi) is 3.61. The number of amides is 1. The molecule has 0 saturated carbocycles. The van der Waals surface area contributed by atoms with Crippen LogP contribution in [0.5, 0.6) is 0 Å². The lowest BCUT2D eigenvalue weighted by Crippen LogP contribution is -2.26. The maximum Gasteiger partial charge on any atom is 0.308 e. The summed E-state index contributed by atoms with van der Waals surface area (Å²) in [6, 6.07) is 3.88. The average Bonchev–Trinajstić information content (AvgIpc) is 2.68. The molecule has 1 amide bonds. The molecule has 1 aliphatic heterocycles. The van der Waals surface area contributed by atoms with Gasteiger partial charge in [-0.1, -0.05) is 0 Å². The molecule has 1 N–H and O–H groups in total. The average molecular weight is 359 g/mol. The van der Waals surface area contributed by atoms with Gasteiger partial charge in [-0.3, -0.25) is 9.59 Å². The zero-order valence-corrected chi connectivity index (χ0v) is 12.4. The van der Waals surface area contributed by atoms with E-state index in [-0.39, 0.29) is 18.9 Å². The summed E-state index contributed by atoms with van der Waals surface area (Å²) in [7, 11) is 0. The summed E-state index contributed by atoms with van der Waals surface area (Å²) in [6.07, 6.45) is 0.0966. The Bertz CT molecular complexity index is 504. The lowest BCUT2D eigenvalue weighted by Gasteiger charge is -2.18. The zero-order chi connectivity index (χ0) is 13.4. The van der Waals surface area contributed by atoms with Crippen LogP contribution in [0.4, 0.5) is 5.69 Å². The van der Waals surface area contributed by atoms with Crippen LogP contribution in [0.1, 0.15) is 17.5 Å². The van der Waals surface area contributed by atoms with Crippen LogP contribution < -0.4 is 4.90 Å². The van der Waals surface area contributed by atoms with Crippen molar-refractivity contribution < 1.29 is 14.7 Å². The minimum Gasteiger partial charge on any atom is -0.481 e. The standard InChI is InChI=1S/C13H14INO3/c1-7-3-10(4-8(2)12(7)14)15-6-9(13(17)18)5-11(15)16/h3-4,9H,5-6H2,1-2H3,(H,17,18)/t9-/m0/s1. The van der Waals surface area contributed by atoms with Gasteiger partial charge >= 0.3 is 5.97 Å². The van der Waals surface area contributed by atoms with Crippen molar-refractivity contribution in [1.29, 1.82) is 0 Å². The molecular weight excluding hydrogens is 345 g/mol. The van der Waals surface area contributed by atoms with Gasteiger partial charge in [-0.2, -0.15) is 0 Å². The molecule has 0 spiro atoms. The number of hydrogen-bond acceptors (Lipinski definition) is 2. The van der Waals surface area contributed by atoms with Gasteiger partial charge in [0.2, 0.25) is 5.91 Å². The van der Waals surface area contributed by atoms with Crippen LogP contribution in [0, 0.1) is 23.3 Å². The highest BCUT2D eigenvalue weighted by molar-refractivity contribution is 14.1. The molecule has 1 aromatic carbocycles. The van der Waals surface area contributed by atoms with Crippen LogP contribution >= 0.6 is 22.6 Å². The van der Waals surface area contributed by atoms with E-state index >= 15 is 0 Å². The lowest BCUT2D eigenvalue weighted by atomic mass is 10.1. The van der Waals surface area contributed by atoms with E-state index in [1.807, 2.05) is 26.0 Å². The number of rotatable bonds is 2. The first kappa shape index (κ1) is 13.3. The highest BCUT2D eigenvalue weighted by atomic mass is 127. The van der Waals surface area contributed by atoms with Crippen LogP contribution in [0.2, 0.25) is 0 Å². The smallest absolute Gasteiger partial charge is 0.308 e. The summed E-state index contributed by atoms with van der Waals surface area (Å²) in [5, 5.41) is 8.97. The van der Waals surface area contributed by atoms with Crippen molar-refractivity contribution in [3.63, 3.8) is 0 Å². The van der Waals surface area contributed by atoms with Gasteiger partial charge in [-0.05, 0) is 59.7 Å². The van der Waals surface area contributed by atoms with Crippen LogP contribution in [0.3, 0.4) is 0 Å². The molecule has 18 heavy (non-hydrogen) atoms. The first-order valence-electron chi connectivity index (χ1n) is 5.70. The molecule has 5 heteroatoms. The van der Waals surface area contributed by atoms with Crippen molar-refractivity contribution in [1.82, 2.24) is 0 Å². The maximum absolute atomic E-state index is 11.9. The normalized spacial score (nSPS) is 19.4. The number of halogens is 1. The van der Waals surface area contributed by atoms with E-state index in [1.165, 1.54) is 3.57 Å². The van der Waals surface area contributed by atoms with Gasteiger partial charge in [0.15, 0.2) is 0 Å². The summed E-state index contributed by atoms with van der Waals surface area (Å²) < 4.78 is 1.18. The second kappa shape index (κ2) is 4.87. The molecule has 0 aliphatic carbocycles. The Morgan fingerprint density at radius 1 is 1.39 bits per heavy atom. The van der Waals surface area contributed by atoms with Crippen LogP contribution in [-0.2, 0) is 9.59 Å². The van der Waals surface area contributed by atoms with E-state index in [2.05, 4.69) is 22.6 Å². The van der Waals surface area contributed by atoms with E-state index < -0.39 is 11.9 Å². The van der Waals surface area contributed by atoms with Gasteiger partial charge in [-0.15, -0.1) is 0 Å². The van der Waals surface area contributed by atoms with E-state index in [4.69, 9.17) is 5.11 Å². The number of carbonyl (C=O) groups excluding carboxylic acids is 1. The predicted octanol–water partition coefficient (Wildman–Crippen LogP) is 2.35. The van der Waals surface area contributed by atoms with Crippen molar-refractivity contribution in [3.8, 4) is 0 Å². The summed E-state index contributed by atoms with van der Waals surface area (Å²) in [6.45, 7) is 4.26. The molecule has 1 aliphatic rings. The Morgan fingerprint density at radius 2 is 1.94 bits per heavy atom. The Balaban J connectivity index is 2.33. The molecule has 1 aromatic rings.